The number of hydrogen-bond donors (Lipinski definition) is 3. The standard InChI is InChI=1S/C15H23N3O2/c1-11-5-4-7-13(16)15(11)17-14(20)9-18-8-3-2-6-12(18)10-19/h4-5,7,12,19H,2-3,6,8-10,16H2,1H3,(H,17,20). The van der Waals surface area contributed by atoms with Gasteiger partial charge in [0.15, 0.2) is 0 Å². The summed E-state index contributed by atoms with van der Waals surface area (Å²) in [6.45, 7) is 3.20. The Kier molecular flexibility index (Phi) is 4.98. The fourth-order valence-corrected chi connectivity index (χ4v) is 2.70. The molecule has 1 heterocycles. The van der Waals surface area contributed by atoms with Crippen molar-refractivity contribution in [1.29, 1.82) is 0 Å². The Morgan fingerprint density at radius 3 is 3.00 bits per heavy atom. The van der Waals surface area contributed by atoms with Crippen LogP contribution in [0, 0.1) is 6.92 Å². The van der Waals surface area contributed by atoms with E-state index in [2.05, 4.69) is 5.32 Å². The maximum atomic E-state index is 12.2. The minimum absolute atomic E-state index is 0.0775. The van der Waals surface area contributed by atoms with Gasteiger partial charge in [-0.1, -0.05) is 18.6 Å². The molecule has 1 fully saturated rings. The van der Waals surface area contributed by atoms with Crippen LogP contribution in [0.4, 0.5) is 11.4 Å². The molecule has 2 rings (SSSR count). The fraction of sp³-hybridized carbons (Fsp3) is 0.533. The van der Waals surface area contributed by atoms with Crippen molar-refractivity contribution in [2.24, 2.45) is 0 Å². The number of carbonyl (C=O) groups is 1. The van der Waals surface area contributed by atoms with E-state index < -0.39 is 0 Å². The molecule has 5 nitrogen and oxygen atoms in total. The largest absolute Gasteiger partial charge is 0.397 e. The Bertz CT molecular complexity index is 456. The first-order chi connectivity index (χ1) is 9.61. The SMILES string of the molecule is Cc1cccc(N)c1NC(=O)CN1CCCCC1CO. The maximum absolute atomic E-state index is 12.2. The van der Waals surface area contributed by atoms with E-state index in [0.717, 1.165) is 31.4 Å². The Hall–Kier alpha value is -1.59. The number of rotatable bonds is 4. The third-order valence-corrected chi connectivity index (χ3v) is 3.88. The van der Waals surface area contributed by atoms with Crippen LogP contribution in [0.3, 0.4) is 0 Å². The second kappa shape index (κ2) is 6.72. The highest BCUT2D eigenvalue weighted by Gasteiger charge is 2.23. The van der Waals surface area contributed by atoms with Gasteiger partial charge in [-0.25, -0.2) is 0 Å². The summed E-state index contributed by atoms with van der Waals surface area (Å²) in [7, 11) is 0. The van der Waals surface area contributed by atoms with Crippen molar-refractivity contribution >= 4 is 17.3 Å². The average Bonchev–Trinajstić information content (AvgIpc) is 2.44. The van der Waals surface area contributed by atoms with Gasteiger partial charge in [0, 0.05) is 6.04 Å². The van der Waals surface area contributed by atoms with Crippen LogP contribution >= 0.6 is 0 Å². The number of piperidine rings is 1. The van der Waals surface area contributed by atoms with Gasteiger partial charge >= 0.3 is 0 Å². The summed E-state index contributed by atoms with van der Waals surface area (Å²) in [6, 6.07) is 5.67. The zero-order valence-electron chi connectivity index (χ0n) is 11.9. The van der Waals surface area contributed by atoms with Gasteiger partial charge in [-0.05, 0) is 37.9 Å². The third-order valence-electron chi connectivity index (χ3n) is 3.88. The van der Waals surface area contributed by atoms with Crippen LogP contribution in [0.5, 0.6) is 0 Å². The minimum atomic E-state index is -0.0775. The van der Waals surface area contributed by atoms with Gasteiger partial charge in [-0.2, -0.15) is 0 Å². The average molecular weight is 277 g/mol. The molecule has 0 saturated carbocycles. The van der Waals surface area contributed by atoms with Crippen LogP contribution in [-0.4, -0.2) is 41.7 Å². The van der Waals surface area contributed by atoms with Crippen LogP contribution in [0.25, 0.3) is 0 Å². The van der Waals surface area contributed by atoms with Gasteiger partial charge in [0.1, 0.15) is 0 Å². The molecule has 0 radical (unpaired) electrons. The molecule has 0 spiro atoms. The zero-order chi connectivity index (χ0) is 14.5. The Labute approximate surface area is 119 Å². The topological polar surface area (TPSA) is 78.6 Å². The van der Waals surface area contributed by atoms with E-state index in [4.69, 9.17) is 5.73 Å². The zero-order valence-corrected chi connectivity index (χ0v) is 11.9. The van der Waals surface area contributed by atoms with Crippen LogP contribution in [0.1, 0.15) is 24.8 Å². The summed E-state index contributed by atoms with van der Waals surface area (Å²) in [5.74, 6) is -0.0775. The summed E-state index contributed by atoms with van der Waals surface area (Å²) in [6.07, 6.45) is 3.15. The number of carbonyl (C=O) groups excluding carboxylic acids is 1. The lowest BCUT2D eigenvalue weighted by Crippen LogP contribution is -2.45. The third kappa shape index (κ3) is 3.49. The van der Waals surface area contributed by atoms with Gasteiger partial charge in [0.25, 0.3) is 0 Å². The molecule has 1 saturated heterocycles. The molecule has 0 aromatic heterocycles. The lowest BCUT2D eigenvalue weighted by atomic mass is 10.0. The van der Waals surface area contributed by atoms with Crippen molar-refractivity contribution in [3.05, 3.63) is 23.8 Å². The fourth-order valence-electron chi connectivity index (χ4n) is 2.70. The Morgan fingerprint density at radius 1 is 1.50 bits per heavy atom. The van der Waals surface area contributed by atoms with E-state index in [1.54, 1.807) is 6.07 Å². The number of aliphatic hydroxyl groups excluding tert-OH is 1. The van der Waals surface area contributed by atoms with E-state index in [1.165, 1.54) is 0 Å². The number of amides is 1. The van der Waals surface area contributed by atoms with Crippen LogP contribution in [-0.2, 0) is 4.79 Å². The molecule has 0 bridgehead atoms. The molecule has 1 aliphatic rings. The van der Waals surface area contributed by atoms with E-state index in [0.29, 0.717) is 17.9 Å². The highest BCUT2D eigenvalue weighted by molar-refractivity contribution is 5.96. The molecule has 1 atom stereocenters. The summed E-state index contributed by atoms with van der Waals surface area (Å²) in [4.78, 5) is 14.2. The monoisotopic (exact) mass is 277 g/mol. The maximum Gasteiger partial charge on any atom is 0.238 e. The number of nitrogen functional groups attached to an aromatic ring is 1. The van der Waals surface area contributed by atoms with Gasteiger partial charge in [0.2, 0.25) is 5.91 Å². The molecule has 1 amide bonds. The number of likely N-dealkylation sites (tertiary alicyclic amines) is 1. The number of hydrogen-bond acceptors (Lipinski definition) is 4. The highest BCUT2D eigenvalue weighted by Crippen LogP contribution is 2.23. The lowest BCUT2D eigenvalue weighted by Gasteiger charge is -2.33. The summed E-state index contributed by atoms with van der Waals surface area (Å²) in [5, 5.41) is 12.2. The smallest absolute Gasteiger partial charge is 0.238 e. The van der Waals surface area contributed by atoms with Gasteiger partial charge in [0.05, 0.1) is 24.5 Å². The number of anilines is 2. The van der Waals surface area contributed by atoms with Crippen LogP contribution in [0.15, 0.2) is 18.2 Å². The van der Waals surface area contributed by atoms with E-state index in [9.17, 15) is 9.90 Å². The lowest BCUT2D eigenvalue weighted by molar-refractivity contribution is -0.118. The Balaban J connectivity index is 1.98. The molecule has 4 N–H and O–H groups in total. The molecule has 1 unspecified atom stereocenters. The molecular formula is C15H23N3O2. The van der Waals surface area contributed by atoms with E-state index in [-0.39, 0.29) is 18.6 Å². The molecule has 0 aliphatic carbocycles. The van der Waals surface area contributed by atoms with Crippen LogP contribution in [0.2, 0.25) is 0 Å². The Morgan fingerprint density at radius 2 is 2.30 bits per heavy atom. The number of nitrogens with zero attached hydrogens (tertiary/aromatic N) is 1. The van der Waals surface area contributed by atoms with Crippen molar-refractivity contribution in [2.45, 2.75) is 32.2 Å². The highest BCUT2D eigenvalue weighted by atomic mass is 16.3. The molecular weight excluding hydrogens is 254 g/mol. The van der Waals surface area contributed by atoms with Gasteiger partial charge in [-0.3, -0.25) is 9.69 Å². The van der Waals surface area contributed by atoms with E-state index in [1.807, 2.05) is 24.0 Å². The molecule has 1 aliphatic heterocycles. The number of nitrogens with two attached hydrogens (primary N) is 1. The molecule has 110 valence electrons. The molecule has 5 heteroatoms. The molecule has 20 heavy (non-hydrogen) atoms. The normalized spacial score (nSPS) is 19.8. The van der Waals surface area contributed by atoms with Crippen molar-refractivity contribution in [3.8, 4) is 0 Å². The van der Waals surface area contributed by atoms with Crippen molar-refractivity contribution < 1.29 is 9.90 Å². The first-order valence-corrected chi connectivity index (χ1v) is 7.11. The van der Waals surface area contributed by atoms with Crippen molar-refractivity contribution in [1.82, 2.24) is 4.90 Å². The first-order valence-electron chi connectivity index (χ1n) is 7.11. The van der Waals surface area contributed by atoms with Crippen LogP contribution < -0.4 is 11.1 Å². The molecule has 1 aromatic carbocycles. The first kappa shape index (κ1) is 14.8. The van der Waals surface area contributed by atoms with Crippen molar-refractivity contribution in [2.75, 3.05) is 30.7 Å². The summed E-state index contributed by atoms with van der Waals surface area (Å²) < 4.78 is 0. The van der Waals surface area contributed by atoms with Gasteiger partial charge < -0.3 is 16.2 Å². The predicted octanol–water partition coefficient (Wildman–Crippen LogP) is 1.36. The second-order valence-electron chi connectivity index (χ2n) is 5.39. The number of nitrogens with one attached hydrogen (secondary N) is 1. The summed E-state index contributed by atoms with van der Waals surface area (Å²) >= 11 is 0. The second-order valence-corrected chi connectivity index (χ2v) is 5.39. The van der Waals surface area contributed by atoms with E-state index >= 15 is 0 Å². The molecule has 1 aromatic rings. The number of para-hydroxylation sites is 1. The van der Waals surface area contributed by atoms with Crippen molar-refractivity contribution in [3.63, 3.8) is 0 Å². The predicted molar refractivity (Wildman–Crippen MR) is 80.5 cm³/mol. The quantitative estimate of drug-likeness (QED) is 0.726. The number of aliphatic hydroxyl groups is 1. The number of benzene rings is 1. The summed E-state index contributed by atoms with van der Waals surface area (Å²) in [5.41, 5.74) is 8.11. The van der Waals surface area contributed by atoms with Gasteiger partial charge in [-0.15, -0.1) is 0 Å². The minimum Gasteiger partial charge on any atom is -0.397 e. The number of aryl methyl sites for hydroxylation is 1.